The Morgan fingerprint density at radius 3 is 2.93 bits per heavy atom. The number of anilines is 1. The predicted octanol–water partition coefficient (Wildman–Crippen LogP) is 3.20. The fourth-order valence-corrected chi connectivity index (χ4v) is 4.36. The highest BCUT2D eigenvalue weighted by Crippen LogP contribution is 2.42. The summed E-state index contributed by atoms with van der Waals surface area (Å²) < 4.78 is 53.4. The number of benzene rings is 1. The van der Waals surface area contributed by atoms with Crippen molar-refractivity contribution < 1.29 is 22.2 Å². The average Bonchev–Trinajstić information content (AvgIpc) is 3.23. The zero-order valence-corrected chi connectivity index (χ0v) is 15.3. The van der Waals surface area contributed by atoms with Gasteiger partial charge in [-0.3, -0.25) is 9.40 Å². The Morgan fingerprint density at radius 2 is 2.26 bits per heavy atom. The van der Waals surface area contributed by atoms with Gasteiger partial charge in [0.25, 0.3) is 0 Å². The van der Waals surface area contributed by atoms with Crippen molar-refractivity contribution in [2.24, 2.45) is 5.92 Å². The van der Waals surface area contributed by atoms with E-state index in [1.807, 2.05) is 24.4 Å². The minimum atomic E-state index is -2.62. The Morgan fingerprint density at radius 1 is 1.44 bits per heavy atom. The number of halogens is 2. The van der Waals surface area contributed by atoms with Gasteiger partial charge in [0, 0.05) is 31.0 Å². The first-order valence-electron chi connectivity index (χ1n) is 8.40. The lowest BCUT2D eigenvalue weighted by atomic mass is 9.83. The normalized spacial score (nSPS) is 17.6. The summed E-state index contributed by atoms with van der Waals surface area (Å²) in [5.74, 6) is -1.94. The second-order valence-corrected chi connectivity index (χ2v) is 7.88. The van der Waals surface area contributed by atoms with Gasteiger partial charge >= 0.3 is 0 Å². The Kier molecular flexibility index (Phi) is 4.58. The van der Waals surface area contributed by atoms with Crippen molar-refractivity contribution in [1.29, 1.82) is 0 Å². The molecule has 1 atom stereocenters. The van der Waals surface area contributed by atoms with E-state index in [4.69, 9.17) is 9.26 Å². The number of nitrogens with one attached hydrogen (secondary N) is 1. The molecule has 144 valence electrons. The Hall–Kier alpha value is -2.49. The van der Waals surface area contributed by atoms with E-state index >= 15 is 0 Å². The predicted molar refractivity (Wildman–Crippen MR) is 96.2 cm³/mol. The van der Waals surface area contributed by atoms with Gasteiger partial charge in [0.1, 0.15) is 22.1 Å². The first-order chi connectivity index (χ1) is 12.9. The van der Waals surface area contributed by atoms with Crippen molar-refractivity contribution in [2.75, 3.05) is 17.6 Å². The lowest BCUT2D eigenvalue weighted by Crippen LogP contribution is -2.38. The lowest BCUT2D eigenvalue weighted by molar-refractivity contribution is -0.103. The number of methoxy groups -OCH3 is 1. The molecule has 1 N–H and O–H groups in total. The van der Waals surface area contributed by atoms with Gasteiger partial charge in [-0.2, -0.15) is 5.10 Å². The fourth-order valence-electron chi connectivity index (χ4n) is 3.26. The molecule has 1 unspecified atom stereocenters. The van der Waals surface area contributed by atoms with Gasteiger partial charge in [0.15, 0.2) is 11.4 Å². The minimum absolute atomic E-state index is 0.143. The van der Waals surface area contributed by atoms with Crippen LogP contribution >= 0.6 is 0 Å². The van der Waals surface area contributed by atoms with E-state index < -0.39 is 16.9 Å². The van der Waals surface area contributed by atoms with Crippen molar-refractivity contribution in [3.8, 4) is 5.75 Å². The molecular formula is C17H18F2N4O3S. The first kappa shape index (κ1) is 17.9. The summed E-state index contributed by atoms with van der Waals surface area (Å²) in [7, 11) is -0.0101. The maximum Gasteiger partial charge on any atom is 0.248 e. The molecule has 1 saturated carbocycles. The van der Waals surface area contributed by atoms with Crippen molar-refractivity contribution in [3.63, 3.8) is 0 Å². The molecule has 1 aromatic carbocycles. The van der Waals surface area contributed by atoms with Crippen LogP contribution in [0.2, 0.25) is 0 Å². The number of alkyl halides is 2. The van der Waals surface area contributed by atoms with Gasteiger partial charge in [0.05, 0.1) is 13.7 Å². The number of hydrogen-bond acceptors (Lipinski definition) is 5. The highest BCUT2D eigenvalue weighted by Gasteiger charge is 2.45. The highest BCUT2D eigenvalue weighted by atomic mass is 32.2. The Labute approximate surface area is 156 Å². The van der Waals surface area contributed by atoms with Gasteiger partial charge in [-0.15, -0.1) is 0 Å². The van der Waals surface area contributed by atoms with E-state index in [9.17, 15) is 13.0 Å². The SMILES string of the molecule is COc1cc(Cn2cccn2)cc2onc(NS(=O)CC3CC(F)(F)C3)c12. The number of aromatic nitrogens is 3. The largest absolute Gasteiger partial charge is 0.496 e. The molecule has 7 nitrogen and oxygen atoms in total. The van der Waals surface area contributed by atoms with Crippen molar-refractivity contribution in [3.05, 3.63) is 36.2 Å². The third-order valence-electron chi connectivity index (χ3n) is 4.49. The molecule has 3 aromatic rings. The second-order valence-electron chi connectivity index (χ2n) is 6.65. The van der Waals surface area contributed by atoms with E-state index in [0.29, 0.717) is 23.3 Å². The molecule has 1 fully saturated rings. The number of ether oxygens (including phenoxy) is 1. The third kappa shape index (κ3) is 3.80. The summed E-state index contributed by atoms with van der Waals surface area (Å²) in [5, 5.41) is 8.66. The van der Waals surface area contributed by atoms with Gasteiger partial charge < -0.3 is 9.26 Å². The average molecular weight is 396 g/mol. The molecule has 27 heavy (non-hydrogen) atoms. The van der Waals surface area contributed by atoms with Gasteiger partial charge in [-0.05, 0) is 29.7 Å². The fraction of sp³-hybridized carbons (Fsp3) is 0.412. The molecule has 1 aliphatic carbocycles. The van der Waals surface area contributed by atoms with Crippen molar-refractivity contribution in [1.82, 2.24) is 14.9 Å². The molecule has 0 bridgehead atoms. The zero-order chi connectivity index (χ0) is 19.0. The van der Waals surface area contributed by atoms with Crippen molar-refractivity contribution >= 4 is 27.8 Å². The van der Waals surface area contributed by atoms with Crippen LogP contribution < -0.4 is 9.46 Å². The standard InChI is InChI=1S/C17H18F2N4O3S/c1-25-13-5-11(9-23-4-2-3-20-23)6-14-15(13)16(21-26-14)22-27(24)10-12-7-17(18,19)8-12/h2-6,12H,7-10H2,1H3,(H,21,22). The van der Waals surface area contributed by atoms with Crippen LogP contribution in [0.3, 0.4) is 0 Å². The minimum Gasteiger partial charge on any atom is -0.496 e. The number of nitrogens with zero attached hydrogens (tertiary/aromatic N) is 3. The van der Waals surface area contributed by atoms with Gasteiger partial charge in [-0.1, -0.05) is 5.16 Å². The van der Waals surface area contributed by atoms with Crippen LogP contribution in [0, 0.1) is 5.92 Å². The van der Waals surface area contributed by atoms with E-state index in [-0.39, 0.29) is 30.3 Å². The van der Waals surface area contributed by atoms with E-state index in [0.717, 1.165) is 5.56 Å². The molecule has 0 spiro atoms. The van der Waals surface area contributed by atoms with E-state index in [2.05, 4.69) is 15.0 Å². The molecule has 0 amide bonds. The lowest BCUT2D eigenvalue weighted by Gasteiger charge is -2.34. The van der Waals surface area contributed by atoms with Crippen LogP contribution in [0.15, 0.2) is 35.1 Å². The van der Waals surface area contributed by atoms with E-state index in [1.165, 1.54) is 7.11 Å². The summed E-state index contributed by atoms with van der Waals surface area (Å²) in [6.07, 6.45) is 3.09. The van der Waals surface area contributed by atoms with Crippen LogP contribution in [0.4, 0.5) is 14.6 Å². The van der Waals surface area contributed by atoms with Crippen LogP contribution in [-0.4, -0.2) is 37.9 Å². The first-order valence-corrected chi connectivity index (χ1v) is 9.72. The maximum atomic E-state index is 12.9. The summed E-state index contributed by atoms with van der Waals surface area (Å²) in [5.41, 5.74) is 1.38. The quantitative estimate of drug-likeness (QED) is 0.663. The molecule has 2 aromatic heterocycles. The van der Waals surface area contributed by atoms with Gasteiger partial charge in [0.2, 0.25) is 5.92 Å². The van der Waals surface area contributed by atoms with E-state index in [1.54, 1.807) is 10.9 Å². The highest BCUT2D eigenvalue weighted by molar-refractivity contribution is 7.86. The maximum absolute atomic E-state index is 12.9. The van der Waals surface area contributed by atoms with Crippen LogP contribution in [0.25, 0.3) is 11.0 Å². The molecule has 1 aliphatic rings. The second kappa shape index (κ2) is 6.91. The molecule has 0 radical (unpaired) electrons. The number of rotatable bonds is 7. The van der Waals surface area contributed by atoms with Crippen LogP contribution in [0.1, 0.15) is 18.4 Å². The summed E-state index contributed by atoms with van der Waals surface area (Å²) >= 11 is 0. The van der Waals surface area contributed by atoms with Crippen LogP contribution in [0.5, 0.6) is 5.75 Å². The number of fused-ring (bicyclic) bond motifs is 1. The summed E-state index contributed by atoms with van der Waals surface area (Å²) in [6.45, 7) is 0.532. The zero-order valence-electron chi connectivity index (χ0n) is 14.5. The smallest absolute Gasteiger partial charge is 0.248 e. The number of hydrogen-bond donors (Lipinski definition) is 1. The third-order valence-corrected chi connectivity index (χ3v) is 5.69. The molecular weight excluding hydrogens is 378 g/mol. The molecule has 0 saturated heterocycles. The Bertz CT molecular complexity index is 966. The summed E-state index contributed by atoms with van der Waals surface area (Å²) in [6, 6.07) is 5.48. The Balaban J connectivity index is 1.52. The van der Waals surface area contributed by atoms with Gasteiger partial charge in [-0.25, -0.2) is 13.0 Å². The monoisotopic (exact) mass is 396 g/mol. The molecule has 2 heterocycles. The van der Waals surface area contributed by atoms with Crippen LogP contribution in [-0.2, 0) is 17.5 Å². The molecule has 0 aliphatic heterocycles. The van der Waals surface area contributed by atoms with Crippen molar-refractivity contribution in [2.45, 2.75) is 25.3 Å². The molecule has 4 rings (SSSR count). The molecule has 10 heteroatoms. The topological polar surface area (TPSA) is 82.2 Å². The summed E-state index contributed by atoms with van der Waals surface area (Å²) in [4.78, 5) is 0.